The number of likely N-dealkylation sites (tertiary alicyclic amines) is 1. The number of hydrogen-bond donors (Lipinski definition) is 1. The molecule has 0 radical (unpaired) electrons. The first-order chi connectivity index (χ1) is 7.58. The number of amides is 1. The van der Waals surface area contributed by atoms with Crippen LogP contribution in [0.2, 0.25) is 5.02 Å². The largest absolute Gasteiger partial charge is 0.391 e. The van der Waals surface area contributed by atoms with Gasteiger partial charge in [-0.1, -0.05) is 17.7 Å². The van der Waals surface area contributed by atoms with Crippen molar-refractivity contribution in [1.82, 2.24) is 4.90 Å². The standard InChI is InChI=1S/C12H14ClNO2/c1-8-2-3-9(13)6-11(8)12(16)14-5-4-10(15)7-14/h2-3,6,10,15H,4-5,7H2,1H3/t10-/m1/s1. The number of carbonyl (C=O) groups excluding carboxylic acids is 1. The fourth-order valence-electron chi connectivity index (χ4n) is 1.92. The van der Waals surface area contributed by atoms with E-state index in [0.717, 1.165) is 5.56 Å². The van der Waals surface area contributed by atoms with Crippen molar-refractivity contribution in [3.05, 3.63) is 34.3 Å². The second kappa shape index (κ2) is 4.44. The first kappa shape index (κ1) is 11.4. The van der Waals surface area contributed by atoms with Crippen molar-refractivity contribution in [3.63, 3.8) is 0 Å². The summed E-state index contributed by atoms with van der Waals surface area (Å²) < 4.78 is 0. The van der Waals surface area contributed by atoms with Crippen molar-refractivity contribution in [3.8, 4) is 0 Å². The Morgan fingerprint density at radius 1 is 1.56 bits per heavy atom. The van der Waals surface area contributed by atoms with Crippen LogP contribution in [-0.2, 0) is 0 Å². The lowest BCUT2D eigenvalue weighted by molar-refractivity contribution is 0.0764. The minimum Gasteiger partial charge on any atom is -0.391 e. The fourth-order valence-corrected chi connectivity index (χ4v) is 2.09. The number of benzene rings is 1. The molecule has 0 bridgehead atoms. The molecule has 1 aliphatic heterocycles. The molecule has 2 rings (SSSR count). The number of hydrogen-bond acceptors (Lipinski definition) is 2. The highest BCUT2D eigenvalue weighted by Crippen LogP contribution is 2.19. The molecule has 4 heteroatoms. The van der Waals surface area contributed by atoms with Crippen LogP contribution in [-0.4, -0.2) is 35.1 Å². The molecule has 86 valence electrons. The van der Waals surface area contributed by atoms with E-state index >= 15 is 0 Å². The van der Waals surface area contributed by atoms with Gasteiger partial charge in [0.15, 0.2) is 0 Å². The molecular weight excluding hydrogens is 226 g/mol. The topological polar surface area (TPSA) is 40.5 Å². The van der Waals surface area contributed by atoms with Crippen molar-refractivity contribution in [2.75, 3.05) is 13.1 Å². The van der Waals surface area contributed by atoms with E-state index in [9.17, 15) is 9.90 Å². The van der Waals surface area contributed by atoms with Crippen molar-refractivity contribution in [1.29, 1.82) is 0 Å². The first-order valence-electron chi connectivity index (χ1n) is 5.31. The second-order valence-corrected chi connectivity index (χ2v) is 4.59. The molecule has 0 saturated carbocycles. The highest BCUT2D eigenvalue weighted by Gasteiger charge is 2.26. The van der Waals surface area contributed by atoms with Gasteiger partial charge in [0.2, 0.25) is 0 Å². The summed E-state index contributed by atoms with van der Waals surface area (Å²) in [5.41, 5.74) is 1.54. The van der Waals surface area contributed by atoms with E-state index in [1.54, 1.807) is 17.0 Å². The third-order valence-electron chi connectivity index (χ3n) is 2.88. The number of aliphatic hydroxyl groups is 1. The van der Waals surface area contributed by atoms with Crippen molar-refractivity contribution >= 4 is 17.5 Å². The van der Waals surface area contributed by atoms with Crippen molar-refractivity contribution in [2.45, 2.75) is 19.4 Å². The molecule has 1 heterocycles. The molecule has 16 heavy (non-hydrogen) atoms. The third-order valence-corrected chi connectivity index (χ3v) is 3.12. The summed E-state index contributed by atoms with van der Waals surface area (Å²) >= 11 is 5.88. The van der Waals surface area contributed by atoms with Gasteiger partial charge in [-0.15, -0.1) is 0 Å². The number of carbonyl (C=O) groups is 1. The maximum absolute atomic E-state index is 12.1. The van der Waals surface area contributed by atoms with Crippen LogP contribution in [0.15, 0.2) is 18.2 Å². The average Bonchev–Trinajstić information content (AvgIpc) is 2.67. The number of β-amino-alcohol motifs (C(OH)–C–C–N with tert-alkyl or cyclic N) is 1. The van der Waals surface area contributed by atoms with Gasteiger partial charge in [0.1, 0.15) is 0 Å². The summed E-state index contributed by atoms with van der Waals surface area (Å²) in [6.45, 7) is 2.92. The number of nitrogens with zero attached hydrogens (tertiary/aromatic N) is 1. The molecule has 3 nitrogen and oxygen atoms in total. The lowest BCUT2D eigenvalue weighted by Crippen LogP contribution is -2.30. The van der Waals surface area contributed by atoms with Crippen LogP contribution >= 0.6 is 11.6 Å². The summed E-state index contributed by atoms with van der Waals surface area (Å²) in [6.07, 6.45) is 0.272. The smallest absolute Gasteiger partial charge is 0.254 e. The van der Waals surface area contributed by atoms with E-state index < -0.39 is 0 Å². The lowest BCUT2D eigenvalue weighted by Gasteiger charge is -2.17. The van der Waals surface area contributed by atoms with Gasteiger partial charge in [0, 0.05) is 23.7 Å². The van der Waals surface area contributed by atoms with Crippen molar-refractivity contribution in [2.24, 2.45) is 0 Å². The van der Waals surface area contributed by atoms with Gasteiger partial charge in [0.25, 0.3) is 5.91 Å². The highest BCUT2D eigenvalue weighted by atomic mass is 35.5. The molecule has 0 aliphatic carbocycles. The van der Waals surface area contributed by atoms with E-state index in [-0.39, 0.29) is 12.0 Å². The van der Waals surface area contributed by atoms with Gasteiger partial charge < -0.3 is 10.0 Å². The summed E-state index contributed by atoms with van der Waals surface area (Å²) in [7, 11) is 0. The molecule has 1 aromatic rings. The molecule has 1 amide bonds. The van der Waals surface area contributed by atoms with Gasteiger partial charge in [0.05, 0.1) is 6.10 Å². The van der Waals surface area contributed by atoms with Gasteiger partial charge in [-0.05, 0) is 31.0 Å². The Hall–Kier alpha value is -1.06. The SMILES string of the molecule is Cc1ccc(Cl)cc1C(=O)N1CC[C@@H](O)C1. The fraction of sp³-hybridized carbons (Fsp3) is 0.417. The zero-order chi connectivity index (χ0) is 11.7. The molecule has 1 saturated heterocycles. The summed E-state index contributed by atoms with van der Waals surface area (Å²) in [4.78, 5) is 13.8. The molecule has 1 N–H and O–H groups in total. The van der Waals surface area contributed by atoms with Crippen LogP contribution in [0.1, 0.15) is 22.3 Å². The minimum absolute atomic E-state index is 0.0449. The van der Waals surface area contributed by atoms with Gasteiger partial charge in [-0.2, -0.15) is 0 Å². The Balaban J connectivity index is 2.23. The first-order valence-corrected chi connectivity index (χ1v) is 5.69. The van der Waals surface area contributed by atoms with Crippen LogP contribution in [0.4, 0.5) is 0 Å². The molecule has 0 spiro atoms. The summed E-state index contributed by atoms with van der Waals surface area (Å²) in [6, 6.07) is 5.29. The molecule has 1 atom stereocenters. The minimum atomic E-state index is -0.386. The van der Waals surface area contributed by atoms with Crippen LogP contribution < -0.4 is 0 Å². The zero-order valence-corrected chi connectivity index (χ0v) is 9.87. The molecule has 1 aromatic carbocycles. The predicted molar refractivity (Wildman–Crippen MR) is 62.7 cm³/mol. The third kappa shape index (κ3) is 2.20. The van der Waals surface area contributed by atoms with Gasteiger partial charge >= 0.3 is 0 Å². The zero-order valence-electron chi connectivity index (χ0n) is 9.11. The number of rotatable bonds is 1. The highest BCUT2D eigenvalue weighted by molar-refractivity contribution is 6.31. The number of halogens is 1. The normalized spacial score (nSPS) is 20.2. The molecule has 1 aliphatic rings. The Labute approximate surface area is 99.6 Å². The Morgan fingerprint density at radius 2 is 2.31 bits per heavy atom. The van der Waals surface area contributed by atoms with Crippen molar-refractivity contribution < 1.29 is 9.90 Å². The van der Waals surface area contributed by atoms with Crippen LogP contribution in [0.3, 0.4) is 0 Å². The maximum atomic E-state index is 12.1. The van der Waals surface area contributed by atoms with Crippen LogP contribution in [0.25, 0.3) is 0 Å². The van der Waals surface area contributed by atoms with E-state index in [1.807, 2.05) is 13.0 Å². The van der Waals surface area contributed by atoms with E-state index in [4.69, 9.17) is 11.6 Å². The molecule has 0 unspecified atom stereocenters. The van der Waals surface area contributed by atoms with Crippen LogP contribution in [0.5, 0.6) is 0 Å². The quantitative estimate of drug-likeness (QED) is 0.813. The Kier molecular flexibility index (Phi) is 3.17. The molecule has 0 aromatic heterocycles. The molecule has 1 fully saturated rings. The van der Waals surface area contributed by atoms with E-state index in [0.29, 0.717) is 30.1 Å². The molecular formula is C12H14ClNO2. The second-order valence-electron chi connectivity index (χ2n) is 4.15. The lowest BCUT2D eigenvalue weighted by atomic mass is 10.1. The summed E-state index contributed by atoms with van der Waals surface area (Å²) in [5, 5.41) is 9.96. The van der Waals surface area contributed by atoms with Gasteiger partial charge in [-0.25, -0.2) is 0 Å². The number of aliphatic hydroxyl groups excluding tert-OH is 1. The summed E-state index contributed by atoms with van der Waals surface area (Å²) in [5.74, 6) is -0.0449. The predicted octanol–water partition coefficient (Wildman–Crippen LogP) is 1.86. The monoisotopic (exact) mass is 239 g/mol. The average molecular weight is 240 g/mol. The van der Waals surface area contributed by atoms with Gasteiger partial charge in [-0.3, -0.25) is 4.79 Å². The van der Waals surface area contributed by atoms with E-state index in [2.05, 4.69) is 0 Å². The maximum Gasteiger partial charge on any atom is 0.254 e. The Bertz CT molecular complexity index is 419. The Morgan fingerprint density at radius 3 is 2.94 bits per heavy atom. The van der Waals surface area contributed by atoms with E-state index in [1.165, 1.54) is 0 Å². The number of aryl methyl sites for hydroxylation is 1. The van der Waals surface area contributed by atoms with Crippen LogP contribution in [0, 0.1) is 6.92 Å².